The number of hydrogen-bond donors (Lipinski definition) is 1. The molecule has 0 aliphatic rings. The predicted octanol–water partition coefficient (Wildman–Crippen LogP) is 5.91. The van der Waals surface area contributed by atoms with Crippen LogP contribution in [-0.2, 0) is 0 Å². The van der Waals surface area contributed by atoms with Gasteiger partial charge in [-0.15, -0.1) is 0 Å². The molecule has 1 aromatic heterocycles. The summed E-state index contributed by atoms with van der Waals surface area (Å²) in [6.45, 7) is 0. The first-order chi connectivity index (χ1) is 10.2. The monoisotopic (exact) mass is 358 g/mol. The number of anilines is 2. The molecule has 1 heterocycles. The van der Waals surface area contributed by atoms with Crippen molar-refractivity contribution in [2.45, 2.75) is 0 Å². The fraction of sp³-hybridized carbons (Fsp3) is 0. The fourth-order valence-electron chi connectivity index (χ4n) is 2.02. The third-order valence-corrected chi connectivity index (χ3v) is 3.78. The van der Waals surface area contributed by atoms with Crippen LogP contribution in [0.2, 0.25) is 5.02 Å². The molecule has 0 aliphatic carbocycles. The van der Waals surface area contributed by atoms with Crippen molar-refractivity contribution in [2.75, 3.05) is 5.32 Å². The number of nitrogens with one attached hydrogen (secondary N) is 1. The molecule has 0 aliphatic heterocycles. The van der Waals surface area contributed by atoms with Gasteiger partial charge in [-0.3, -0.25) is 0 Å². The van der Waals surface area contributed by atoms with Gasteiger partial charge in [0, 0.05) is 16.4 Å². The summed E-state index contributed by atoms with van der Waals surface area (Å²) >= 11 is 9.49. The SMILES string of the molecule is Clc1cc(Br)cnc1Nc1ccc(-c2ccccc2)cc1. The normalized spacial score (nSPS) is 10.4. The van der Waals surface area contributed by atoms with Gasteiger partial charge in [-0.05, 0) is 45.3 Å². The third-order valence-electron chi connectivity index (χ3n) is 3.06. The second kappa shape index (κ2) is 6.29. The van der Waals surface area contributed by atoms with Crippen molar-refractivity contribution in [1.82, 2.24) is 4.98 Å². The highest BCUT2D eigenvalue weighted by Gasteiger charge is 2.03. The van der Waals surface area contributed by atoms with Gasteiger partial charge in [-0.2, -0.15) is 0 Å². The van der Waals surface area contributed by atoms with Crippen LogP contribution in [0.1, 0.15) is 0 Å². The van der Waals surface area contributed by atoms with Gasteiger partial charge in [-0.25, -0.2) is 4.98 Å². The maximum atomic E-state index is 6.15. The Hall–Kier alpha value is -1.84. The molecule has 4 heteroatoms. The molecule has 0 saturated carbocycles. The molecule has 0 unspecified atom stereocenters. The van der Waals surface area contributed by atoms with E-state index in [0.29, 0.717) is 10.8 Å². The molecule has 104 valence electrons. The molecule has 2 aromatic carbocycles. The standard InChI is InChI=1S/C17H12BrClN2/c18-14-10-16(19)17(20-11-14)21-15-8-6-13(7-9-15)12-4-2-1-3-5-12/h1-11H,(H,20,21). The van der Waals surface area contributed by atoms with Crippen LogP contribution >= 0.6 is 27.5 Å². The Morgan fingerprint density at radius 1 is 0.905 bits per heavy atom. The number of aromatic nitrogens is 1. The summed E-state index contributed by atoms with van der Waals surface area (Å²) < 4.78 is 0.859. The minimum absolute atomic E-state index is 0.580. The van der Waals surface area contributed by atoms with Crippen LogP contribution in [0.3, 0.4) is 0 Å². The number of benzene rings is 2. The molecule has 0 radical (unpaired) electrons. The van der Waals surface area contributed by atoms with Gasteiger partial charge >= 0.3 is 0 Å². The zero-order valence-electron chi connectivity index (χ0n) is 11.1. The van der Waals surface area contributed by atoms with Gasteiger partial charge in [0.15, 0.2) is 0 Å². The smallest absolute Gasteiger partial charge is 0.149 e. The lowest BCUT2D eigenvalue weighted by atomic mass is 10.1. The molecule has 0 saturated heterocycles. The number of nitrogens with zero attached hydrogens (tertiary/aromatic N) is 1. The Morgan fingerprint density at radius 2 is 1.57 bits per heavy atom. The average Bonchev–Trinajstić information content (AvgIpc) is 2.52. The largest absolute Gasteiger partial charge is 0.339 e. The van der Waals surface area contributed by atoms with Crippen LogP contribution in [-0.4, -0.2) is 4.98 Å². The number of hydrogen-bond acceptors (Lipinski definition) is 2. The molecular formula is C17H12BrClN2. The van der Waals surface area contributed by atoms with E-state index in [4.69, 9.17) is 11.6 Å². The van der Waals surface area contributed by atoms with E-state index in [9.17, 15) is 0 Å². The Labute approximate surface area is 136 Å². The van der Waals surface area contributed by atoms with E-state index < -0.39 is 0 Å². The molecule has 3 rings (SSSR count). The highest BCUT2D eigenvalue weighted by atomic mass is 79.9. The van der Waals surface area contributed by atoms with Gasteiger partial charge in [0.1, 0.15) is 5.82 Å². The Kier molecular flexibility index (Phi) is 4.23. The summed E-state index contributed by atoms with van der Waals surface area (Å²) in [7, 11) is 0. The summed E-state index contributed by atoms with van der Waals surface area (Å²) in [5.41, 5.74) is 3.33. The molecular weight excluding hydrogens is 348 g/mol. The summed E-state index contributed by atoms with van der Waals surface area (Å²) in [6.07, 6.45) is 1.71. The van der Waals surface area contributed by atoms with Gasteiger partial charge in [-0.1, -0.05) is 54.1 Å². The second-order valence-corrected chi connectivity index (χ2v) is 5.88. The molecule has 0 amide bonds. The molecule has 0 fully saturated rings. The molecule has 2 nitrogen and oxygen atoms in total. The first kappa shape index (κ1) is 14.1. The predicted molar refractivity (Wildman–Crippen MR) is 92.1 cm³/mol. The topological polar surface area (TPSA) is 24.9 Å². The third kappa shape index (κ3) is 3.43. The Morgan fingerprint density at radius 3 is 2.24 bits per heavy atom. The van der Waals surface area contributed by atoms with Crippen molar-refractivity contribution < 1.29 is 0 Å². The van der Waals surface area contributed by atoms with Crippen LogP contribution in [0.5, 0.6) is 0 Å². The number of rotatable bonds is 3. The van der Waals surface area contributed by atoms with Crippen LogP contribution in [0.15, 0.2) is 71.3 Å². The second-order valence-electron chi connectivity index (χ2n) is 4.55. The zero-order valence-corrected chi connectivity index (χ0v) is 13.4. The van der Waals surface area contributed by atoms with E-state index in [1.807, 2.05) is 36.4 Å². The van der Waals surface area contributed by atoms with Crippen molar-refractivity contribution in [1.29, 1.82) is 0 Å². The van der Waals surface area contributed by atoms with Gasteiger partial charge in [0.05, 0.1) is 5.02 Å². The van der Waals surface area contributed by atoms with Crippen molar-refractivity contribution >= 4 is 39.0 Å². The van der Waals surface area contributed by atoms with Crippen molar-refractivity contribution in [2.24, 2.45) is 0 Å². The first-order valence-electron chi connectivity index (χ1n) is 6.46. The van der Waals surface area contributed by atoms with Gasteiger partial charge in [0.2, 0.25) is 0 Å². The lowest BCUT2D eigenvalue weighted by Crippen LogP contribution is -1.94. The van der Waals surface area contributed by atoms with Gasteiger partial charge in [0.25, 0.3) is 0 Å². The Bertz CT molecular complexity index is 742. The van der Waals surface area contributed by atoms with E-state index in [0.717, 1.165) is 10.2 Å². The lowest BCUT2D eigenvalue weighted by Gasteiger charge is -2.08. The van der Waals surface area contributed by atoms with E-state index in [1.165, 1.54) is 11.1 Å². The highest BCUT2D eigenvalue weighted by Crippen LogP contribution is 2.27. The number of halogens is 2. The van der Waals surface area contributed by atoms with E-state index in [2.05, 4.69) is 50.5 Å². The van der Waals surface area contributed by atoms with Crippen molar-refractivity contribution in [3.63, 3.8) is 0 Å². The minimum Gasteiger partial charge on any atom is -0.339 e. The van der Waals surface area contributed by atoms with Crippen molar-refractivity contribution in [3.8, 4) is 11.1 Å². The summed E-state index contributed by atoms with van der Waals surface area (Å²) in [4.78, 5) is 4.26. The lowest BCUT2D eigenvalue weighted by molar-refractivity contribution is 1.29. The fourth-order valence-corrected chi connectivity index (χ4v) is 2.70. The first-order valence-corrected chi connectivity index (χ1v) is 7.63. The van der Waals surface area contributed by atoms with E-state index in [1.54, 1.807) is 6.20 Å². The molecule has 3 aromatic rings. The average molecular weight is 360 g/mol. The van der Waals surface area contributed by atoms with E-state index in [-0.39, 0.29) is 0 Å². The zero-order chi connectivity index (χ0) is 14.7. The summed E-state index contributed by atoms with van der Waals surface area (Å²) in [5.74, 6) is 0.646. The van der Waals surface area contributed by atoms with Crippen LogP contribution in [0.25, 0.3) is 11.1 Å². The summed E-state index contributed by atoms with van der Waals surface area (Å²) in [6, 6.07) is 20.3. The summed E-state index contributed by atoms with van der Waals surface area (Å²) in [5, 5.41) is 3.79. The molecule has 0 spiro atoms. The quantitative estimate of drug-likeness (QED) is 0.629. The molecule has 0 bridgehead atoms. The van der Waals surface area contributed by atoms with E-state index >= 15 is 0 Å². The van der Waals surface area contributed by atoms with Crippen molar-refractivity contribution in [3.05, 3.63) is 76.4 Å². The minimum atomic E-state index is 0.580. The van der Waals surface area contributed by atoms with Crippen LogP contribution in [0.4, 0.5) is 11.5 Å². The molecule has 0 atom stereocenters. The Balaban J connectivity index is 1.81. The maximum absolute atomic E-state index is 6.15. The molecule has 1 N–H and O–H groups in total. The number of pyridine rings is 1. The maximum Gasteiger partial charge on any atom is 0.149 e. The molecule has 21 heavy (non-hydrogen) atoms. The van der Waals surface area contributed by atoms with Gasteiger partial charge < -0.3 is 5.32 Å². The van der Waals surface area contributed by atoms with Crippen LogP contribution in [0, 0.1) is 0 Å². The van der Waals surface area contributed by atoms with Crippen LogP contribution < -0.4 is 5.32 Å². The highest BCUT2D eigenvalue weighted by molar-refractivity contribution is 9.10.